The quantitative estimate of drug-likeness (QED) is 0.540. The summed E-state index contributed by atoms with van der Waals surface area (Å²) in [5, 5.41) is 8.20. The lowest BCUT2D eigenvalue weighted by Gasteiger charge is -2.07. The number of H-pyrrole nitrogens is 1. The zero-order chi connectivity index (χ0) is 17.5. The molecule has 0 radical (unpaired) electrons. The number of hydrogen-bond donors (Lipinski definition) is 3. The number of amides is 1. The van der Waals surface area contributed by atoms with Gasteiger partial charge in [0.1, 0.15) is 0 Å². The molecule has 1 aromatic heterocycles. The minimum atomic E-state index is 0.0616. The first-order valence-corrected chi connectivity index (χ1v) is 8.87. The molecule has 130 valence electrons. The maximum atomic E-state index is 11.9. The van der Waals surface area contributed by atoms with E-state index in [9.17, 15) is 4.79 Å². The number of benzene rings is 2. The molecule has 0 aliphatic heterocycles. The molecule has 0 aliphatic carbocycles. The van der Waals surface area contributed by atoms with Crippen molar-refractivity contribution in [2.75, 3.05) is 13.1 Å². The molecule has 0 fully saturated rings. The summed E-state index contributed by atoms with van der Waals surface area (Å²) in [6, 6.07) is 15.9. The SMILES string of the molecule is O=C(CCNCc1ccccc1Cl)NCCc1c[nH]c2ccccc12. The summed E-state index contributed by atoms with van der Waals surface area (Å²) < 4.78 is 0. The van der Waals surface area contributed by atoms with Gasteiger partial charge in [-0.3, -0.25) is 4.79 Å². The van der Waals surface area contributed by atoms with Gasteiger partial charge >= 0.3 is 0 Å². The Morgan fingerprint density at radius 1 is 1.00 bits per heavy atom. The average Bonchev–Trinajstić information content (AvgIpc) is 3.03. The van der Waals surface area contributed by atoms with Crippen molar-refractivity contribution < 1.29 is 4.79 Å². The van der Waals surface area contributed by atoms with E-state index in [1.165, 1.54) is 10.9 Å². The van der Waals surface area contributed by atoms with Crippen LogP contribution in [-0.2, 0) is 17.8 Å². The lowest BCUT2D eigenvalue weighted by atomic mass is 10.1. The summed E-state index contributed by atoms with van der Waals surface area (Å²) in [4.78, 5) is 15.2. The predicted octanol–water partition coefficient (Wildman–Crippen LogP) is 3.66. The van der Waals surface area contributed by atoms with E-state index in [4.69, 9.17) is 11.6 Å². The highest BCUT2D eigenvalue weighted by Crippen LogP contribution is 2.17. The van der Waals surface area contributed by atoms with Crippen LogP contribution in [0.1, 0.15) is 17.5 Å². The van der Waals surface area contributed by atoms with E-state index < -0.39 is 0 Å². The fourth-order valence-corrected chi connectivity index (χ4v) is 3.03. The van der Waals surface area contributed by atoms with Crippen molar-refractivity contribution in [2.24, 2.45) is 0 Å². The molecule has 25 heavy (non-hydrogen) atoms. The molecular formula is C20H22ClN3O. The van der Waals surface area contributed by atoms with Crippen LogP contribution in [0.25, 0.3) is 10.9 Å². The second-order valence-corrected chi connectivity index (χ2v) is 6.38. The Morgan fingerprint density at radius 3 is 2.68 bits per heavy atom. The zero-order valence-corrected chi connectivity index (χ0v) is 14.8. The Hall–Kier alpha value is -2.30. The van der Waals surface area contributed by atoms with Crippen molar-refractivity contribution in [3.63, 3.8) is 0 Å². The van der Waals surface area contributed by atoms with Crippen LogP contribution in [0.3, 0.4) is 0 Å². The van der Waals surface area contributed by atoms with Crippen LogP contribution < -0.4 is 10.6 Å². The summed E-state index contributed by atoms with van der Waals surface area (Å²) in [5.41, 5.74) is 3.41. The number of halogens is 1. The first kappa shape index (κ1) is 17.5. The van der Waals surface area contributed by atoms with Crippen molar-refractivity contribution in [1.82, 2.24) is 15.6 Å². The molecule has 3 aromatic rings. The third-order valence-electron chi connectivity index (χ3n) is 4.19. The summed E-state index contributed by atoms with van der Waals surface area (Å²) >= 11 is 6.10. The van der Waals surface area contributed by atoms with Gasteiger partial charge < -0.3 is 15.6 Å². The molecule has 3 N–H and O–H groups in total. The zero-order valence-electron chi connectivity index (χ0n) is 14.0. The lowest BCUT2D eigenvalue weighted by Crippen LogP contribution is -2.29. The Bertz CT molecular complexity index is 844. The number of aromatic amines is 1. The van der Waals surface area contributed by atoms with E-state index in [1.807, 2.05) is 42.6 Å². The molecule has 0 aliphatic rings. The van der Waals surface area contributed by atoms with Gasteiger partial charge in [0.2, 0.25) is 5.91 Å². The van der Waals surface area contributed by atoms with Crippen molar-refractivity contribution >= 4 is 28.4 Å². The number of aromatic nitrogens is 1. The van der Waals surface area contributed by atoms with Gasteiger partial charge in [-0.05, 0) is 29.7 Å². The van der Waals surface area contributed by atoms with E-state index in [1.54, 1.807) is 0 Å². The normalized spacial score (nSPS) is 10.9. The molecular weight excluding hydrogens is 334 g/mol. The van der Waals surface area contributed by atoms with E-state index in [0.717, 1.165) is 22.5 Å². The molecule has 0 atom stereocenters. The summed E-state index contributed by atoms with van der Waals surface area (Å²) in [6.07, 6.45) is 3.29. The number of nitrogens with one attached hydrogen (secondary N) is 3. The summed E-state index contributed by atoms with van der Waals surface area (Å²) in [5.74, 6) is 0.0616. The summed E-state index contributed by atoms with van der Waals surface area (Å²) in [7, 11) is 0. The van der Waals surface area contributed by atoms with Crippen molar-refractivity contribution in [1.29, 1.82) is 0 Å². The molecule has 1 amide bonds. The van der Waals surface area contributed by atoms with Gasteiger partial charge in [0.05, 0.1) is 0 Å². The third-order valence-corrected chi connectivity index (χ3v) is 4.56. The predicted molar refractivity (Wildman–Crippen MR) is 103 cm³/mol. The summed E-state index contributed by atoms with van der Waals surface area (Å²) in [6.45, 7) is 1.94. The second-order valence-electron chi connectivity index (χ2n) is 5.98. The van der Waals surface area contributed by atoms with Gasteiger partial charge in [-0.2, -0.15) is 0 Å². The number of carbonyl (C=O) groups excluding carboxylic acids is 1. The largest absolute Gasteiger partial charge is 0.361 e. The van der Waals surface area contributed by atoms with Crippen LogP contribution >= 0.6 is 11.6 Å². The molecule has 2 aromatic carbocycles. The Balaban J connectivity index is 1.35. The van der Waals surface area contributed by atoms with E-state index >= 15 is 0 Å². The van der Waals surface area contributed by atoms with Gasteiger partial charge in [0.25, 0.3) is 0 Å². The second kappa shape index (κ2) is 8.70. The number of carbonyl (C=O) groups is 1. The minimum absolute atomic E-state index is 0.0616. The van der Waals surface area contributed by atoms with Crippen LogP contribution in [0, 0.1) is 0 Å². The topological polar surface area (TPSA) is 56.9 Å². The van der Waals surface area contributed by atoms with Gasteiger partial charge in [-0.25, -0.2) is 0 Å². The number of rotatable bonds is 8. The van der Waals surface area contributed by atoms with Crippen LogP contribution in [0.2, 0.25) is 5.02 Å². The highest BCUT2D eigenvalue weighted by molar-refractivity contribution is 6.31. The van der Waals surface area contributed by atoms with Crippen molar-refractivity contribution in [3.05, 3.63) is 70.9 Å². The fraction of sp³-hybridized carbons (Fsp3) is 0.250. The van der Waals surface area contributed by atoms with E-state index in [0.29, 0.717) is 26.1 Å². The van der Waals surface area contributed by atoms with Crippen LogP contribution in [0.5, 0.6) is 0 Å². The third kappa shape index (κ3) is 4.84. The Labute approximate surface area is 152 Å². The van der Waals surface area contributed by atoms with Crippen LogP contribution in [0.15, 0.2) is 54.7 Å². The maximum Gasteiger partial charge on any atom is 0.221 e. The van der Waals surface area contributed by atoms with Crippen LogP contribution in [-0.4, -0.2) is 24.0 Å². The van der Waals surface area contributed by atoms with E-state index in [-0.39, 0.29) is 5.91 Å². The highest BCUT2D eigenvalue weighted by atomic mass is 35.5. The first-order chi connectivity index (χ1) is 12.2. The van der Waals surface area contributed by atoms with Crippen molar-refractivity contribution in [2.45, 2.75) is 19.4 Å². The molecule has 3 rings (SSSR count). The number of fused-ring (bicyclic) bond motifs is 1. The molecule has 4 nitrogen and oxygen atoms in total. The first-order valence-electron chi connectivity index (χ1n) is 8.50. The molecule has 1 heterocycles. The standard InChI is InChI=1S/C20H22ClN3O/c21-18-7-3-1-5-16(18)13-22-11-10-20(25)23-12-9-15-14-24-19-8-4-2-6-17(15)19/h1-8,14,22,24H,9-13H2,(H,23,25). The van der Waals surface area contributed by atoms with Gasteiger partial charge in [0.15, 0.2) is 0 Å². The molecule has 0 bridgehead atoms. The highest BCUT2D eigenvalue weighted by Gasteiger charge is 2.05. The van der Waals surface area contributed by atoms with Gasteiger partial charge in [-0.1, -0.05) is 48.0 Å². The minimum Gasteiger partial charge on any atom is -0.361 e. The smallest absolute Gasteiger partial charge is 0.221 e. The Morgan fingerprint density at radius 2 is 1.80 bits per heavy atom. The Kier molecular flexibility index (Phi) is 6.09. The lowest BCUT2D eigenvalue weighted by molar-refractivity contribution is -0.120. The molecule has 0 saturated carbocycles. The van der Waals surface area contributed by atoms with Crippen molar-refractivity contribution in [3.8, 4) is 0 Å². The number of para-hydroxylation sites is 1. The van der Waals surface area contributed by atoms with Gasteiger partial charge in [0, 0.05) is 48.2 Å². The average molecular weight is 356 g/mol. The number of hydrogen-bond acceptors (Lipinski definition) is 2. The van der Waals surface area contributed by atoms with Crippen LogP contribution in [0.4, 0.5) is 0 Å². The maximum absolute atomic E-state index is 11.9. The monoisotopic (exact) mass is 355 g/mol. The molecule has 0 spiro atoms. The molecule has 5 heteroatoms. The molecule has 0 unspecified atom stereocenters. The molecule has 0 saturated heterocycles. The van der Waals surface area contributed by atoms with Gasteiger partial charge in [-0.15, -0.1) is 0 Å². The fourth-order valence-electron chi connectivity index (χ4n) is 2.83. The van der Waals surface area contributed by atoms with E-state index in [2.05, 4.69) is 27.8 Å².